The first-order chi connectivity index (χ1) is 21.8. The van der Waals surface area contributed by atoms with E-state index in [4.69, 9.17) is 4.98 Å². The predicted octanol–water partition coefficient (Wildman–Crippen LogP) is 12.0. The summed E-state index contributed by atoms with van der Waals surface area (Å²) in [7, 11) is 0. The number of benzene rings is 7. The summed E-state index contributed by atoms with van der Waals surface area (Å²) in [6, 6.07) is 54.7. The number of anilines is 3. The second kappa shape index (κ2) is 10.0. The van der Waals surface area contributed by atoms with E-state index in [1.165, 1.54) is 63.6 Å². The number of rotatable bonds is 4. The zero-order valence-corrected chi connectivity index (χ0v) is 24.6. The van der Waals surface area contributed by atoms with Crippen LogP contribution in [0.1, 0.15) is 0 Å². The first-order valence-electron chi connectivity index (χ1n) is 14.9. The molecule has 0 saturated heterocycles. The molecule has 3 heteroatoms. The van der Waals surface area contributed by atoms with E-state index in [9.17, 15) is 0 Å². The molecule has 0 fully saturated rings. The Morgan fingerprint density at radius 3 is 1.91 bits per heavy atom. The number of hydrogen-bond acceptors (Lipinski definition) is 3. The molecule has 0 saturated carbocycles. The Labute approximate surface area is 259 Å². The fourth-order valence-electron chi connectivity index (χ4n) is 6.60. The fraction of sp³-hybridized carbons (Fsp3) is 0. The van der Waals surface area contributed by atoms with Gasteiger partial charge in [-0.2, -0.15) is 0 Å². The molecule has 0 N–H and O–H groups in total. The lowest BCUT2D eigenvalue weighted by Crippen LogP contribution is -2.12. The molecule has 0 aliphatic carbocycles. The topological polar surface area (TPSA) is 16.1 Å². The molecule has 0 aliphatic rings. The van der Waals surface area contributed by atoms with E-state index in [1.807, 2.05) is 17.5 Å². The number of aromatic nitrogens is 1. The SMILES string of the molecule is c1ccc(-c2ccc(N(c3ccc4ccc5ccc6ccccc6c5c4c3)c3nccc4sc5ccccc5c34)cc2)cc1. The summed E-state index contributed by atoms with van der Waals surface area (Å²) >= 11 is 1.82. The van der Waals surface area contributed by atoms with Crippen molar-refractivity contribution in [2.45, 2.75) is 0 Å². The summed E-state index contributed by atoms with van der Waals surface area (Å²) in [5.41, 5.74) is 4.56. The molecular formula is C41H26N2S. The lowest BCUT2D eigenvalue weighted by atomic mass is 9.96. The smallest absolute Gasteiger partial charge is 0.146 e. The van der Waals surface area contributed by atoms with E-state index < -0.39 is 0 Å². The van der Waals surface area contributed by atoms with Gasteiger partial charge in [0.25, 0.3) is 0 Å². The molecule has 206 valence electrons. The average molecular weight is 579 g/mol. The van der Waals surface area contributed by atoms with Crippen molar-refractivity contribution in [3.8, 4) is 11.1 Å². The number of nitrogens with zero attached hydrogens (tertiary/aromatic N) is 2. The third-order valence-electron chi connectivity index (χ3n) is 8.68. The molecule has 7 aromatic carbocycles. The normalized spacial score (nSPS) is 11.6. The van der Waals surface area contributed by atoms with Crippen LogP contribution in [0, 0.1) is 0 Å². The number of fused-ring (bicyclic) bond motifs is 8. The summed E-state index contributed by atoms with van der Waals surface area (Å²) in [5.74, 6) is 0.942. The van der Waals surface area contributed by atoms with Gasteiger partial charge in [0.15, 0.2) is 0 Å². The molecule has 44 heavy (non-hydrogen) atoms. The lowest BCUT2D eigenvalue weighted by Gasteiger charge is -2.26. The van der Waals surface area contributed by atoms with E-state index in [1.54, 1.807) is 0 Å². The summed E-state index contributed by atoms with van der Waals surface area (Å²) in [6.45, 7) is 0. The first-order valence-corrected chi connectivity index (χ1v) is 15.7. The minimum Gasteiger partial charge on any atom is -0.294 e. The van der Waals surface area contributed by atoms with Gasteiger partial charge in [-0.25, -0.2) is 4.98 Å². The van der Waals surface area contributed by atoms with Gasteiger partial charge in [-0.05, 0) is 79.8 Å². The third-order valence-corrected chi connectivity index (χ3v) is 9.82. The Hall–Kier alpha value is -5.51. The number of thiophene rings is 1. The molecule has 9 aromatic rings. The van der Waals surface area contributed by atoms with E-state index in [-0.39, 0.29) is 0 Å². The molecule has 0 spiro atoms. The molecule has 0 aliphatic heterocycles. The van der Waals surface area contributed by atoms with Crippen LogP contribution in [0.2, 0.25) is 0 Å². The highest BCUT2D eigenvalue weighted by atomic mass is 32.1. The van der Waals surface area contributed by atoms with Crippen LogP contribution in [0.25, 0.3) is 63.6 Å². The average Bonchev–Trinajstić information content (AvgIpc) is 3.48. The van der Waals surface area contributed by atoms with Crippen LogP contribution in [-0.4, -0.2) is 4.98 Å². The van der Waals surface area contributed by atoms with Gasteiger partial charge in [0.1, 0.15) is 5.82 Å². The van der Waals surface area contributed by atoms with Crippen LogP contribution < -0.4 is 4.90 Å². The highest BCUT2D eigenvalue weighted by molar-refractivity contribution is 7.25. The first kappa shape index (κ1) is 25.0. The minimum absolute atomic E-state index is 0.942. The molecule has 9 rings (SSSR count). The summed E-state index contributed by atoms with van der Waals surface area (Å²) < 4.78 is 2.51. The van der Waals surface area contributed by atoms with Gasteiger partial charge in [0.2, 0.25) is 0 Å². The highest BCUT2D eigenvalue weighted by Gasteiger charge is 2.20. The Morgan fingerprint density at radius 1 is 0.432 bits per heavy atom. The molecule has 0 radical (unpaired) electrons. The Balaban J connectivity index is 1.33. The van der Waals surface area contributed by atoms with Gasteiger partial charge < -0.3 is 0 Å². The Morgan fingerprint density at radius 2 is 1.07 bits per heavy atom. The summed E-state index contributed by atoms with van der Waals surface area (Å²) in [6.07, 6.45) is 1.95. The van der Waals surface area contributed by atoms with E-state index in [2.05, 4.69) is 157 Å². The Kier molecular flexibility index (Phi) is 5.71. The molecule has 0 atom stereocenters. The lowest BCUT2D eigenvalue weighted by molar-refractivity contribution is 1.21. The van der Waals surface area contributed by atoms with Crippen molar-refractivity contribution < 1.29 is 0 Å². The van der Waals surface area contributed by atoms with Crippen molar-refractivity contribution in [1.82, 2.24) is 4.98 Å². The molecule has 0 bridgehead atoms. The number of hydrogen-bond donors (Lipinski definition) is 0. The zero-order chi connectivity index (χ0) is 29.0. The number of pyridine rings is 1. The Bertz CT molecular complexity index is 2490. The van der Waals surface area contributed by atoms with Crippen molar-refractivity contribution in [1.29, 1.82) is 0 Å². The molecule has 2 aromatic heterocycles. The van der Waals surface area contributed by atoms with E-state index >= 15 is 0 Å². The van der Waals surface area contributed by atoms with Crippen molar-refractivity contribution in [3.05, 3.63) is 158 Å². The quantitative estimate of drug-likeness (QED) is 0.193. The maximum Gasteiger partial charge on any atom is 0.146 e. The fourth-order valence-corrected chi connectivity index (χ4v) is 7.70. The van der Waals surface area contributed by atoms with Crippen LogP contribution in [-0.2, 0) is 0 Å². The predicted molar refractivity (Wildman–Crippen MR) is 190 cm³/mol. The van der Waals surface area contributed by atoms with E-state index in [0.717, 1.165) is 17.2 Å². The minimum atomic E-state index is 0.942. The molecule has 2 nitrogen and oxygen atoms in total. The van der Waals surface area contributed by atoms with Gasteiger partial charge in [-0.1, -0.05) is 115 Å². The third kappa shape index (κ3) is 3.98. The standard InChI is InChI=1S/C41H26N2S/c1-2-8-27(9-3-1)28-18-21-32(22-19-28)43(41-40-35-12-6-7-13-37(35)44-38(40)24-25-42-41)33-23-20-30-15-17-31-16-14-29-10-4-5-11-34(29)39(31)36(30)26-33/h1-26H. The largest absolute Gasteiger partial charge is 0.294 e. The maximum atomic E-state index is 5.09. The van der Waals surface area contributed by atoms with Crippen molar-refractivity contribution in [3.63, 3.8) is 0 Å². The summed E-state index contributed by atoms with van der Waals surface area (Å²) in [5, 5.41) is 9.94. The van der Waals surface area contributed by atoms with Gasteiger partial charge in [-0.15, -0.1) is 11.3 Å². The molecule has 2 heterocycles. The van der Waals surface area contributed by atoms with Crippen molar-refractivity contribution in [2.24, 2.45) is 0 Å². The van der Waals surface area contributed by atoms with Crippen LogP contribution >= 0.6 is 11.3 Å². The maximum absolute atomic E-state index is 5.09. The second-order valence-electron chi connectivity index (χ2n) is 11.2. The van der Waals surface area contributed by atoms with Crippen LogP contribution in [0.15, 0.2) is 158 Å². The van der Waals surface area contributed by atoms with Crippen LogP contribution in [0.3, 0.4) is 0 Å². The van der Waals surface area contributed by atoms with Crippen LogP contribution in [0.5, 0.6) is 0 Å². The summed E-state index contributed by atoms with van der Waals surface area (Å²) in [4.78, 5) is 7.42. The van der Waals surface area contributed by atoms with Crippen molar-refractivity contribution >= 4 is 81.0 Å². The zero-order valence-electron chi connectivity index (χ0n) is 23.8. The van der Waals surface area contributed by atoms with Crippen LogP contribution in [0.4, 0.5) is 17.2 Å². The highest BCUT2D eigenvalue weighted by Crippen LogP contribution is 2.45. The molecular weight excluding hydrogens is 553 g/mol. The van der Waals surface area contributed by atoms with Gasteiger partial charge in [0, 0.05) is 37.7 Å². The molecule has 0 amide bonds. The molecule has 0 unspecified atom stereocenters. The van der Waals surface area contributed by atoms with Gasteiger partial charge >= 0.3 is 0 Å². The second-order valence-corrected chi connectivity index (χ2v) is 12.3. The van der Waals surface area contributed by atoms with Gasteiger partial charge in [0.05, 0.1) is 0 Å². The van der Waals surface area contributed by atoms with E-state index in [0.29, 0.717) is 0 Å². The van der Waals surface area contributed by atoms with Gasteiger partial charge in [-0.3, -0.25) is 4.90 Å². The van der Waals surface area contributed by atoms with Crippen molar-refractivity contribution in [2.75, 3.05) is 4.90 Å². The monoisotopic (exact) mass is 578 g/mol.